The SMILES string of the molecule is CC(O)c1noc(CCO)n1. The molecular weight excluding hydrogens is 148 g/mol. The molecule has 11 heavy (non-hydrogen) atoms. The summed E-state index contributed by atoms with van der Waals surface area (Å²) in [6, 6.07) is 0. The zero-order chi connectivity index (χ0) is 8.27. The van der Waals surface area contributed by atoms with Crippen LogP contribution in [-0.4, -0.2) is 27.0 Å². The van der Waals surface area contributed by atoms with Gasteiger partial charge in [-0.05, 0) is 6.92 Å². The van der Waals surface area contributed by atoms with Crippen LogP contribution in [-0.2, 0) is 6.42 Å². The van der Waals surface area contributed by atoms with Gasteiger partial charge in [-0.3, -0.25) is 0 Å². The molecule has 0 spiro atoms. The number of aliphatic hydroxyl groups is 2. The Bertz CT molecular complexity index is 221. The second kappa shape index (κ2) is 3.45. The van der Waals surface area contributed by atoms with Crippen molar-refractivity contribution in [2.24, 2.45) is 0 Å². The Morgan fingerprint density at radius 2 is 2.36 bits per heavy atom. The van der Waals surface area contributed by atoms with Crippen molar-refractivity contribution >= 4 is 0 Å². The van der Waals surface area contributed by atoms with Crippen LogP contribution in [0.15, 0.2) is 4.52 Å². The molecule has 0 radical (unpaired) electrons. The maximum Gasteiger partial charge on any atom is 0.229 e. The molecule has 0 aliphatic rings. The molecule has 62 valence electrons. The highest BCUT2D eigenvalue weighted by molar-refractivity contribution is 4.88. The Morgan fingerprint density at radius 3 is 2.82 bits per heavy atom. The summed E-state index contributed by atoms with van der Waals surface area (Å²) in [6.07, 6.45) is -0.383. The number of hydrogen-bond acceptors (Lipinski definition) is 5. The minimum atomic E-state index is -0.716. The smallest absolute Gasteiger partial charge is 0.229 e. The van der Waals surface area contributed by atoms with Crippen LogP contribution >= 0.6 is 0 Å². The predicted octanol–water partition coefficient (Wildman–Crippen LogP) is -0.342. The van der Waals surface area contributed by atoms with Gasteiger partial charge < -0.3 is 14.7 Å². The van der Waals surface area contributed by atoms with E-state index in [1.54, 1.807) is 6.92 Å². The van der Waals surface area contributed by atoms with Crippen molar-refractivity contribution in [1.29, 1.82) is 0 Å². The summed E-state index contributed by atoms with van der Waals surface area (Å²) in [5.41, 5.74) is 0. The molecule has 1 aromatic heterocycles. The average molecular weight is 158 g/mol. The average Bonchev–Trinajstić information content (AvgIpc) is 2.37. The van der Waals surface area contributed by atoms with Crippen molar-refractivity contribution in [2.45, 2.75) is 19.4 Å². The van der Waals surface area contributed by atoms with E-state index in [4.69, 9.17) is 10.2 Å². The largest absolute Gasteiger partial charge is 0.396 e. The van der Waals surface area contributed by atoms with Crippen molar-refractivity contribution in [2.75, 3.05) is 6.61 Å². The third-order valence-electron chi connectivity index (χ3n) is 1.18. The van der Waals surface area contributed by atoms with E-state index in [1.807, 2.05) is 0 Å². The van der Waals surface area contributed by atoms with Gasteiger partial charge in [0, 0.05) is 0 Å². The van der Waals surface area contributed by atoms with E-state index >= 15 is 0 Å². The molecule has 5 nitrogen and oxygen atoms in total. The third-order valence-corrected chi connectivity index (χ3v) is 1.18. The van der Waals surface area contributed by atoms with Gasteiger partial charge >= 0.3 is 0 Å². The van der Waals surface area contributed by atoms with Gasteiger partial charge in [0.25, 0.3) is 0 Å². The van der Waals surface area contributed by atoms with E-state index in [0.29, 0.717) is 12.3 Å². The van der Waals surface area contributed by atoms with Gasteiger partial charge in [0.05, 0.1) is 13.0 Å². The lowest BCUT2D eigenvalue weighted by Gasteiger charge is -1.91. The maximum atomic E-state index is 8.96. The Labute approximate surface area is 63.7 Å². The Morgan fingerprint density at radius 1 is 1.64 bits per heavy atom. The summed E-state index contributed by atoms with van der Waals surface area (Å²) in [5, 5.41) is 20.9. The maximum absolute atomic E-state index is 8.96. The van der Waals surface area contributed by atoms with Crippen molar-refractivity contribution < 1.29 is 14.7 Å². The predicted molar refractivity (Wildman–Crippen MR) is 35.7 cm³/mol. The monoisotopic (exact) mass is 158 g/mol. The lowest BCUT2D eigenvalue weighted by Crippen LogP contribution is -1.95. The highest BCUT2D eigenvalue weighted by Gasteiger charge is 2.09. The lowest BCUT2D eigenvalue weighted by atomic mass is 10.4. The van der Waals surface area contributed by atoms with Crippen LogP contribution in [0, 0.1) is 0 Å². The van der Waals surface area contributed by atoms with E-state index in [1.165, 1.54) is 0 Å². The highest BCUT2D eigenvalue weighted by atomic mass is 16.5. The zero-order valence-electron chi connectivity index (χ0n) is 6.19. The van der Waals surface area contributed by atoms with E-state index in [0.717, 1.165) is 0 Å². The van der Waals surface area contributed by atoms with Gasteiger partial charge in [0.1, 0.15) is 6.10 Å². The van der Waals surface area contributed by atoms with Crippen molar-refractivity contribution in [1.82, 2.24) is 10.1 Å². The summed E-state index contributed by atoms with van der Waals surface area (Å²) in [5.74, 6) is 0.608. The van der Waals surface area contributed by atoms with Crippen molar-refractivity contribution in [3.05, 3.63) is 11.7 Å². The molecule has 5 heteroatoms. The molecule has 0 aliphatic heterocycles. The molecule has 1 aromatic rings. The van der Waals surface area contributed by atoms with Crippen molar-refractivity contribution in [3.8, 4) is 0 Å². The first kappa shape index (κ1) is 8.16. The minimum absolute atomic E-state index is 0.0263. The van der Waals surface area contributed by atoms with Gasteiger partial charge in [-0.2, -0.15) is 4.98 Å². The highest BCUT2D eigenvalue weighted by Crippen LogP contribution is 2.06. The van der Waals surface area contributed by atoms with E-state index in [2.05, 4.69) is 14.7 Å². The van der Waals surface area contributed by atoms with E-state index in [-0.39, 0.29) is 12.4 Å². The molecule has 1 rings (SSSR count). The number of aliphatic hydroxyl groups excluding tert-OH is 2. The molecule has 0 amide bonds. The molecular formula is C6H10N2O3. The Balaban J connectivity index is 2.66. The molecule has 1 heterocycles. The fourth-order valence-corrected chi connectivity index (χ4v) is 0.635. The number of nitrogens with zero attached hydrogens (tertiary/aromatic N) is 2. The standard InChI is InChI=1S/C6H10N2O3/c1-4(10)6-7-5(2-3-9)11-8-6/h4,9-10H,2-3H2,1H3. The zero-order valence-corrected chi connectivity index (χ0v) is 6.19. The van der Waals surface area contributed by atoms with Gasteiger partial charge in [0.15, 0.2) is 5.82 Å². The third kappa shape index (κ3) is 1.99. The first-order valence-electron chi connectivity index (χ1n) is 3.35. The number of aromatic nitrogens is 2. The summed E-state index contributed by atoms with van der Waals surface area (Å²) in [6.45, 7) is 1.52. The van der Waals surface area contributed by atoms with Gasteiger partial charge in [-0.25, -0.2) is 0 Å². The van der Waals surface area contributed by atoms with Gasteiger partial charge in [0.2, 0.25) is 5.89 Å². The van der Waals surface area contributed by atoms with Crippen LogP contribution in [0.25, 0.3) is 0 Å². The summed E-state index contributed by atoms with van der Waals surface area (Å²) in [7, 11) is 0. The first-order chi connectivity index (χ1) is 5.24. The molecule has 0 bridgehead atoms. The number of hydrogen-bond donors (Lipinski definition) is 2. The van der Waals surface area contributed by atoms with Crippen LogP contribution in [0.3, 0.4) is 0 Å². The van der Waals surface area contributed by atoms with Crippen LogP contribution in [0.1, 0.15) is 24.7 Å². The molecule has 0 aliphatic carbocycles. The summed E-state index contributed by atoms with van der Waals surface area (Å²) < 4.78 is 4.69. The fraction of sp³-hybridized carbons (Fsp3) is 0.667. The quantitative estimate of drug-likeness (QED) is 0.629. The second-order valence-electron chi connectivity index (χ2n) is 2.20. The second-order valence-corrected chi connectivity index (χ2v) is 2.20. The molecule has 2 N–H and O–H groups in total. The summed E-state index contributed by atoms with van der Waals surface area (Å²) in [4.78, 5) is 3.81. The van der Waals surface area contributed by atoms with Gasteiger partial charge in [-0.15, -0.1) is 0 Å². The van der Waals surface area contributed by atoms with Gasteiger partial charge in [-0.1, -0.05) is 5.16 Å². The van der Waals surface area contributed by atoms with Crippen LogP contribution < -0.4 is 0 Å². The normalized spacial score (nSPS) is 13.4. The van der Waals surface area contributed by atoms with E-state index < -0.39 is 6.10 Å². The Kier molecular flexibility index (Phi) is 2.56. The molecule has 1 unspecified atom stereocenters. The Hall–Kier alpha value is -0.940. The molecule has 0 fully saturated rings. The molecule has 0 aromatic carbocycles. The topological polar surface area (TPSA) is 79.4 Å². The van der Waals surface area contributed by atoms with E-state index in [9.17, 15) is 0 Å². The molecule has 1 atom stereocenters. The fourth-order valence-electron chi connectivity index (χ4n) is 0.635. The van der Waals surface area contributed by atoms with Crippen LogP contribution in [0.5, 0.6) is 0 Å². The lowest BCUT2D eigenvalue weighted by molar-refractivity contribution is 0.184. The first-order valence-corrected chi connectivity index (χ1v) is 3.35. The minimum Gasteiger partial charge on any atom is -0.396 e. The summed E-state index contributed by atoms with van der Waals surface area (Å²) >= 11 is 0. The van der Waals surface area contributed by atoms with Crippen LogP contribution in [0.2, 0.25) is 0 Å². The van der Waals surface area contributed by atoms with Crippen LogP contribution in [0.4, 0.5) is 0 Å². The molecule has 0 saturated carbocycles. The number of rotatable bonds is 3. The van der Waals surface area contributed by atoms with Crippen molar-refractivity contribution in [3.63, 3.8) is 0 Å². The molecule has 0 saturated heterocycles.